The van der Waals surface area contributed by atoms with E-state index in [1.807, 2.05) is 36.5 Å². The number of para-hydroxylation sites is 1. The molecule has 6 heteroatoms. The Morgan fingerprint density at radius 2 is 2.05 bits per heavy atom. The van der Waals surface area contributed by atoms with Crippen molar-refractivity contribution in [1.29, 1.82) is 0 Å². The van der Waals surface area contributed by atoms with Crippen molar-refractivity contribution < 1.29 is 9.59 Å². The molecule has 1 atom stereocenters. The number of carbonyl (C=O) groups excluding carboxylic acids is 2. The van der Waals surface area contributed by atoms with Crippen molar-refractivity contribution in [3.8, 4) is 5.69 Å². The second kappa shape index (κ2) is 5.24. The fourth-order valence-electron chi connectivity index (χ4n) is 2.28. The molecule has 2 heterocycles. The number of piperidine rings is 1. The number of rotatable bonds is 3. The fourth-order valence-corrected chi connectivity index (χ4v) is 2.28. The summed E-state index contributed by atoms with van der Waals surface area (Å²) in [6.07, 6.45) is 3.29. The molecule has 1 saturated heterocycles. The average Bonchev–Trinajstić information content (AvgIpc) is 2.92. The average molecular weight is 270 g/mol. The highest BCUT2D eigenvalue weighted by Gasteiger charge is 2.27. The third-order valence-electron chi connectivity index (χ3n) is 3.37. The van der Waals surface area contributed by atoms with E-state index in [1.165, 1.54) is 0 Å². The molecule has 20 heavy (non-hydrogen) atoms. The van der Waals surface area contributed by atoms with E-state index in [0.29, 0.717) is 19.3 Å². The molecule has 102 valence electrons. The smallest absolute Gasteiger partial charge is 0.230 e. The first kappa shape index (κ1) is 12.5. The van der Waals surface area contributed by atoms with Crippen LogP contribution < -0.4 is 5.32 Å². The summed E-state index contributed by atoms with van der Waals surface area (Å²) in [4.78, 5) is 22.8. The molecule has 0 radical (unpaired) electrons. The predicted molar refractivity (Wildman–Crippen MR) is 70.9 cm³/mol. The van der Waals surface area contributed by atoms with Crippen molar-refractivity contribution in [1.82, 2.24) is 20.3 Å². The van der Waals surface area contributed by atoms with Crippen LogP contribution in [0.4, 0.5) is 0 Å². The lowest BCUT2D eigenvalue weighted by Crippen LogP contribution is -2.41. The van der Waals surface area contributed by atoms with Gasteiger partial charge in [0.25, 0.3) is 0 Å². The lowest BCUT2D eigenvalue weighted by Gasteiger charge is -2.19. The highest BCUT2D eigenvalue weighted by Crippen LogP contribution is 2.17. The maximum atomic E-state index is 11.7. The normalized spacial score (nSPS) is 18.9. The van der Waals surface area contributed by atoms with Gasteiger partial charge in [0.15, 0.2) is 0 Å². The van der Waals surface area contributed by atoms with Crippen LogP contribution in [0.3, 0.4) is 0 Å². The minimum atomic E-state index is -0.212. The first-order chi connectivity index (χ1) is 9.72. The number of hydrogen-bond donors (Lipinski definition) is 1. The summed E-state index contributed by atoms with van der Waals surface area (Å²) in [5.41, 5.74) is 1.68. The molecule has 0 saturated carbocycles. The van der Waals surface area contributed by atoms with Crippen LogP contribution in [0.5, 0.6) is 0 Å². The Hall–Kier alpha value is -2.50. The van der Waals surface area contributed by atoms with Gasteiger partial charge in [0.1, 0.15) is 0 Å². The first-order valence-electron chi connectivity index (χ1n) is 6.53. The largest absolute Gasteiger partial charge is 0.296 e. The zero-order chi connectivity index (χ0) is 13.9. The van der Waals surface area contributed by atoms with Crippen molar-refractivity contribution in [2.45, 2.75) is 19.3 Å². The molecule has 2 amide bonds. The topological polar surface area (TPSA) is 76.9 Å². The molecule has 1 aromatic heterocycles. The van der Waals surface area contributed by atoms with Gasteiger partial charge < -0.3 is 0 Å². The van der Waals surface area contributed by atoms with Crippen LogP contribution >= 0.6 is 0 Å². The van der Waals surface area contributed by atoms with Crippen molar-refractivity contribution in [2.24, 2.45) is 5.92 Å². The maximum absolute atomic E-state index is 11.7. The molecule has 0 spiro atoms. The SMILES string of the molecule is O=C1CCC(Cc2cn(-c3ccccc3)nn2)C(=O)N1. The molecule has 2 aromatic rings. The summed E-state index contributed by atoms with van der Waals surface area (Å²) >= 11 is 0. The molecule has 0 bridgehead atoms. The zero-order valence-corrected chi connectivity index (χ0v) is 10.8. The Bertz CT molecular complexity index is 636. The molecular formula is C14H14N4O2. The maximum Gasteiger partial charge on any atom is 0.230 e. The summed E-state index contributed by atoms with van der Waals surface area (Å²) < 4.78 is 1.68. The number of benzene rings is 1. The summed E-state index contributed by atoms with van der Waals surface area (Å²) in [6, 6.07) is 9.66. The number of imide groups is 1. The summed E-state index contributed by atoms with van der Waals surface area (Å²) in [5, 5.41) is 10.5. The van der Waals surface area contributed by atoms with E-state index in [2.05, 4.69) is 15.6 Å². The van der Waals surface area contributed by atoms with Gasteiger partial charge in [-0.1, -0.05) is 23.4 Å². The molecular weight excluding hydrogens is 256 g/mol. The van der Waals surface area contributed by atoms with Gasteiger partial charge in [-0.05, 0) is 18.6 Å². The van der Waals surface area contributed by atoms with Gasteiger partial charge in [0.2, 0.25) is 11.8 Å². The van der Waals surface area contributed by atoms with Crippen molar-refractivity contribution in [2.75, 3.05) is 0 Å². The van der Waals surface area contributed by atoms with Gasteiger partial charge in [-0.15, -0.1) is 5.10 Å². The van der Waals surface area contributed by atoms with Gasteiger partial charge >= 0.3 is 0 Å². The number of carbonyl (C=O) groups is 2. The minimum Gasteiger partial charge on any atom is -0.296 e. The summed E-state index contributed by atoms with van der Waals surface area (Å²) in [7, 11) is 0. The quantitative estimate of drug-likeness (QED) is 0.839. The summed E-state index contributed by atoms with van der Waals surface area (Å²) in [5.74, 6) is -0.608. The van der Waals surface area contributed by atoms with Crippen LogP contribution in [0.1, 0.15) is 18.5 Å². The van der Waals surface area contributed by atoms with E-state index in [9.17, 15) is 9.59 Å². The molecule has 1 fully saturated rings. The second-order valence-corrected chi connectivity index (χ2v) is 4.84. The third kappa shape index (κ3) is 2.59. The zero-order valence-electron chi connectivity index (χ0n) is 10.8. The summed E-state index contributed by atoms with van der Waals surface area (Å²) in [6.45, 7) is 0. The first-order valence-corrected chi connectivity index (χ1v) is 6.53. The van der Waals surface area contributed by atoms with E-state index in [-0.39, 0.29) is 17.7 Å². The van der Waals surface area contributed by atoms with E-state index in [1.54, 1.807) is 4.68 Å². The molecule has 1 aliphatic heterocycles. The Balaban J connectivity index is 1.72. The third-order valence-corrected chi connectivity index (χ3v) is 3.37. The van der Waals surface area contributed by atoms with Gasteiger partial charge in [-0.3, -0.25) is 14.9 Å². The van der Waals surface area contributed by atoms with Crippen molar-refractivity contribution >= 4 is 11.8 Å². The molecule has 1 unspecified atom stereocenters. The van der Waals surface area contributed by atoms with Crippen LogP contribution in [0.25, 0.3) is 5.69 Å². The van der Waals surface area contributed by atoms with Gasteiger partial charge in [0, 0.05) is 18.8 Å². The monoisotopic (exact) mass is 270 g/mol. The van der Waals surface area contributed by atoms with Gasteiger partial charge in [-0.25, -0.2) is 4.68 Å². The Morgan fingerprint density at radius 1 is 1.25 bits per heavy atom. The number of aromatic nitrogens is 3. The highest BCUT2D eigenvalue weighted by atomic mass is 16.2. The molecule has 6 nitrogen and oxygen atoms in total. The molecule has 0 aliphatic carbocycles. The number of hydrogen-bond acceptors (Lipinski definition) is 4. The standard InChI is InChI=1S/C14H14N4O2/c19-13-7-6-10(14(20)15-13)8-11-9-18(17-16-11)12-4-2-1-3-5-12/h1-5,9-10H,6-8H2,(H,15,19,20). The number of nitrogens with zero attached hydrogens (tertiary/aromatic N) is 3. The van der Waals surface area contributed by atoms with E-state index < -0.39 is 0 Å². The second-order valence-electron chi connectivity index (χ2n) is 4.84. The molecule has 1 aliphatic rings. The number of nitrogens with one attached hydrogen (secondary N) is 1. The Kier molecular flexibility index (Phi) is 3.28. The lowest BCUT2D eigenvalue weighted by atomic mass is 9.94. The fraction of sp³-hybridized carbons (Fsp3) is 0.286. The van der Waals surface area contributed by atoms with Gasteiger partial charge in [0.05, 0.1) is 17.6 Å². The van der Waals surface area contributed by atoms with Crippen LogP contribution in [-0.2, 0) is 16.0 Å². The van der Waals surface area contributed by atoms with Crippen molar-refractivity contribution in [3.63, 3.8) is 0 Å². The van der Waals surface area contributed by atoms with E-state index >= 15 is 0 Å². The van der Waals surface area contributed by atoms with E-state index in [0.717, 1.165) is 11.4 Å². The van der Waals surface area contributed by atoms with E-state index in [4.69, 9.17) is 0 Å². The predicted octanol–water partition coefficient (Wildman–Crippen LogP) is 0.863. The van der Waals surface area contributed by atoms with Crippen LogP contribution in [0.2, 0.25) is 0 Å². The van der Waals surface area contributed by atoms with Crippen LogP contribution in [-0.4, -0.2) is 26.8 Å². The lowest BCUT2D eigenvalue weighted by molar-refractivity contribution is -0.136. The van der Waals surface area contributed by atoms with Crippen molar-refractivity contribution in [3.05, 3.63) is 42.2 Å². The molecule has 3 rings (SSSR count). The highest BCUT2D eigenvalue weighted by molar-refractivity contribution is 5.98. The van der Waals surface area contributed by atoms with Crippen LogP contribution in [0, 0.1) is 5.92 Å². The Labute approximate surface area is 115 Å². The number of amides is 2. The van der Waals surface area contributed by atoms with Crippen LogP contribution in [0.15, 0.2) is 36.5 Å². The Morgan fingerprint density at radius 3 is 2.80 bits per heavy atom. The molecule has 1 N–H and O–H groups in total. The molecule has 1 aromatic carbocycles. The minimum absolute atomic E-state index is 0.195. The van der Waals surface area contributed by atoms with Gasteiger partial charge in [-0.2, -0.15) is 0 Å².